The van der Waals surface area contributed by atoms with E-state index in [0.717, 1.165) is 29.3 Å². The molecule has 0 fully saturated rings. The van der Waals surface area contributed by atoms with Gasteiger partial charge in [-0.25, -0.2) is 0 Å². The molecular formula is C24H19BrN4O2. The number of allylic oxidation sites excluding steroid dienone is 4. The van der Waals surface area contributed by atoms with Gasteiger partial charge in [0.1, 0.15) is 29.9 Å². The van der Waals surface area contributed by atoms with Crippen molar-refractivity contribution in [2.45, 2.75) is 31.8 Å². The zero-order chi connectivity index (χ0) is 22.0. The summed E-state index contributed by atoms with van der Waals surface area (Å²) in [5.74, 6) is 1.01. The number of fused-ring (bicyclic) bond motifs is 1. The molecule has 1 heterocycles. The highest BCUT2D eigenvalue weighted by molar-refractivity contribution is 9.10. The highest BCUT2D eigenvalue weighted by Crippen LogP contribution is 2.55. The van der Waals surface area contributed by atoms with E-state index in [-0.39, 0.29) is 23.8 Å². The number of nitrogens with zero attached hydrogens (tertiary/aromatic N) is 3. The fourth-order valence-corrected chi connectivity index (χ4v) is 4.91. The van der Waals surface area contributed by atoms with Gasteiger partial charge in [0, 0.05) is 4.47 Å². The van der Waals surface area contributed by atoms with Crippen molar-refractivity contribution >= 4 is 15.9 Å². The van der Waals surface area contributed by atoms with Gasteiger partial charge in [-0.15, -0.1) is 0 Å². The first-order valence-electron chi connectivity index (χ1n) is 9.94. The Hall–Kier alpha value is -3.47. The van der Waals surface area contributed by atoms with E-state index in [1.807, 2.05) is 30.3 Å². The number of benzene rings is 1. The Morgan fingerprint density at radius 2 is 2.00 bits per heavy atom. The van der Waals surface area contributed by atoms with Crippen LogP contribution in [0.1, 0.15) is 36.7 Å². The molecule has 154 valence electrons. The van der Waals surface area contributed by atoms with Crippen LogP contribution < -0.4 is 10.5 Å². The molecule has 2 atom stereocenters. The SMILES string of the molecule is N#CC1=C(N)C(C#N)(C#N)[C@H](c2ccc(COc3cccc(Br)c3)o2)[C@H]2CCCC=C12. The molecule has 31 heavy (non-hydrogen) atoms. The average molecular weight is 475 g/mol. The maximum Gasteiger partial charge on any atom is 0.194 e. The summed E-state index contributed by atoms with van der Waals surface area (Å²) >= 11 is 3.41. The number of ether oxygens (including phenoxy) is 1. The minimum absolute atomic E-state index is 0.0118. The monoisotopic (exact) mass is 474 g/mol. The van der Waals surface area contributed by atoms with Gasteiger partial charge in [0.05, 0.1) is 29.3 Å². The molecule has 4 rings (SSSR count). The molecule has 0 radical (unpaired) electrons. The molecule has 2 aliphatic rings. The molecular weight excluding hydrogens is 456 g/mol. The van der Waals surface area contributed by atoms with E-state index in [9.17, 15) is 15.8 Å². The second kappa shape index (κ2) is 8.34. The summed E-state index contributed by atoms with van der Waals surface area (Å²) in [4.78, 5) is 0. The van der Waals surface area contributed by atoms with Crippen LogP contribution in [0.25, 0.3) is 0 Å². The molecule has 7 heteroatoms. The van der Waals surface area contributed by atoms with Gasteiger partial charge in [0.2, 0.25) is 0 Å². The van der Waals surface area contributed by atoms with Crippen LogP contribution in [0.5, 0.6) is 5.75 Å². The van der Waals surface area contributed by atoms with Crippen LogP contribution in [0.2, 0.25) is 0 Å². The molecule has 1 aromatic carbocycles. The molecule has 6 nitrogen and oxygen atoms in total. The molecule has 0 aliphatic heterocycles. The first-order valence-corrected chi connectivity index (χ1v) is 10.7. The van der Waals surface area contributed by atoms with Crippen LogP contribution in [-0.2, 0) is 6.61 Å². The Kier molecular flexibility index (Phi) is 5.59. The summed E-state index contributed by atoms with van der Waals surface area (Å²) in [5.41, 5.74) is 5.71. The maximum absolute atomic E-state index is 10.0. The van der Waals surface area contributed by atoms with Crippen LogP contribution in [0, 0.1) is 45.3 Å². The second-order valence-corrected chi connectivity index (χ2v) is 8.57. The summed E-state index contributed by atoms with van der Waals surface area (Å²) in [6.45, 7) is 0.206. The fraction of sp³-hybridized carbons (Fsp3) is 0.292. The number of nitriles is 3. The van der Waals surface area contributed by atoms with E-state index < -0.39 is 11.3 Å². The zero-order valence-electron chi connectivity index (χ0n) is 16.6. The zero-order valence-corrected chi connectivity index (χ0v) is 18.2. The highest BCUT2D eigenvalue weighted by atomic mass is 79.9. The topological polar surface area (TPSA) is 120 Å². The van der Waals surface area contributed by atoms with E-state index >= 15 is 0 Å². The summed E-state index contributed by atoms with van der Waals surface area (Å²) in [6.07, 6.45) is 4.51. The molecule has 0 spiro atoms. The Labute approximate surface area is 188 Å². The number of nitrogens with two attached hydrogens (primary N) is 1. The number of furan rings is 1. The minimum atomic E-state index is -1.66. The lowest BCUT2D eigenvalue weighted by atomic mass is 9.58. The Morgan fingerprint density at radius 1 is 1.19 bits per heavy atom. The predicted molar refractivity (Wildman–Crippen MR) is 116 cm³/mol. The number of rotatable bonds is 4. The predicted octanol–water partition coefficient (Wildman–Crippen LogP) is 5.21. The lowest BCUT2D eigenvalue weighted by molar-refractivity contribution is 0.238. The summed E-state index contributed by atoms with van der Waals surface area (Å²) in [5, 5.41) is 29.8. The van der Waals surface area contributed by atoms with Crippen LogP contribution in [-0.4, -0.2) is 0 Å². The highest BCUT2D eigenvalue weighted by Gasteiger charge is 2.55. The normalized spacial score (nSPS) is 21.8. The molecule has 2 aromatic rings. The van der Waals surface area contributed by atoms with Gasteiger partial charge in [0.25, 0.3) is 0 Å². The lowest BCUT2D eigenvalue weighted by Gasteiger charge is -2.42. The van der Waals surface area contributed by atoms with Gasteiger partial charge in [-0.05, 0) is 61.1 Å². The number of hydrogen-bond acceptors (Lipinski definition) is 6. The number of halogens is 1. The quantitative estimate of drug-likeness (QED) is 0.648. The van der Waals surface area contributed by atoms with Crippen LogP contribution in [0.15, 0.2) is 68.2 Å². The van der Waals surface area contributed by atoms with Gasteiger partial charge >= 0.3 is 0 Å². The summed E-state index contributed by atoms with van der Waals surface area (Å²) < 4.78 is 12.8. The molecule has 1 aromatic heterocycles. The maximum atomic E-state index is 10.0. The van der Waals surface area contributed by atoms with Gasteiger partial charge in [-0.3, -0.25) is 0 Å². The Balaban J connectivity index is 1.71. The van der Waals surface area contributed by atoms with Crippen LogP contribution in [0.4, 0.5) is 0 Å². The standard InChI is InChI=1S/C24H19BrN4O2/c25-15-4-3-5-16(10-15)30-12-17-8-9-21(31-17)22-19-7-2-1-6-18(19)20(11-26)23(29)24(22,13-27)14-28/h3-6,8-10,19,22H,1-2,7,12,29H2/t19-,22-/m0/s1. The van der Waals surface area contributed by atoms with Crippen LogP contribution in [0.3, 0.4) is 0 Å². The minimum Gasteiger partial charge on any atom is -0.486 e. The average Bonchev–Trinajstić information content (AvgIpc) is 3.25. The number of hydrogen-bond donors (Lipinski definition) is 1. The van der Waals surface area contributed by atoms with Crippen molar-refractivity contribution < 1.29 is 9.15 Å². The van der Waals surface area contributed by atoms with E-state index in [1.165, 1.54) is 0 Å². The van der Waals surface area contributed by atoms with E-state index in [0.29, 0.717) is 17.3 Å². The molecule has 0 saturated heterocycles. The van der Waals surface area contributed by atoms with Crippen molar-refractivity contribution in [3.05, 3.63) is 75.3 Å². The van der Waals surface area contributed by atoms with Crippen molar-refractivity contribution in [3.8, 4) is 24.0 Å². The second-order valence-electron chi connectivity index (χ2n) is 7.66. The molecule has 0 amide bonds. The molecule has 2 aliphatic carbocycles. The van der Waals surface area contributed by atoms with Crippen molar-refractivity contribution in [1.29, 1.82) is 15.8 Å². The third-order valence-corrected chi connectivity index (χ3v) is 6.46. The Bertz CT molecular complexity index is 1190. The first kappa shape index (κ1) is 20.8. The fourth-order valence-electron chi connectivity index (χ4n) is 4.53. The van der Waals surface area contributed by atoms with Gasteiger partial charge in [-0.2, -0.15) is 15.8 Å². The van der Waals surface area contributed by atoms with E-state index in [1.54, 1.807) is 12.1 Å². The molecule has 0 unspecified atom stereocenters. The molecule has 2 N–H and O–H groups in total. The lowest BCUT2D eigenvalue weighted by Crippen LogP contribution is -2.42. The van der Waals surface area contributed by atoms with Gasteiger partial charge < -0.3 is 14.9 Å². The van der Waals surface area contributed by atoms with E-state index in [2.05, 4.69) is 34.1 Å². The third-order valence-electron chi connectivity index (χ3n) is 5.97. The molecule has 0 saturated carbocycles. The Morgan fingerprint density at radius 3 is 2.71 bits per heavy atom. The van der Waals surface area contributed by atoms with Crippen molar-refractivity contribution in [2.75, 3.05) is 0 Å². The molecule has 0 bridgehead atoms. The van der Waals surface area contributed by atoms with Crippen molar-refractivity contribution in [1.82, 2.24) is 0 Å². The van der Waals surface area contributed by atoms with Gasteiger partial charge in [0.15, 0.2) is 5.41 Å². The largest absolute Gasteiger partial charge is 0.486 e. The summed E-state index contributed by atoms with van der Waals surface area (Å²) in [7, 11) is 0. The first-order chi connectivity index (χ1) is 15.0. The smallest absolute Gasteiger partial charge is 0.194 e. The summed E-state index contributed by atoms with van der Waals surface area (Å²) in [6, 6.07) is 17.4. The van der Waals surface area contributed by atoms with Gasteiger partial charge in [-0.1, -0.05) is 28.1 Å². The van der Waals surface area contributed by atoms with Crippen molar-refractivity contribution in [2.24, 2.45) is 17.1 Å². The van der Waals surface area contributed by atoms with Crippen molar-refractivity contribution in [3.63, 3.8) is 0 Å². The van der Waals surface area contributed by atoms with E-state index in [4.69, 9.17) is 14.9 Å². The third kappa shape index (κ3) is 3.50. The van der Waals surface area contributed by atoms with Crippen LogP contribution >= 0.6 is 15.9 Å².